The summed E-state index contributed by atoms with van der Waals surface area (Å²) >= 11 is 0. The lowest BCUT2D eigenvalue weighted by Gasteiger charge is -2.32. The van der Waals surface area contributed by atoms with Crippen molar-refractivity contribution in [3.8, 4) is 0 Å². The van der Waals surface area contributed by atoms with Crippen molar-refractivity contribution in [3.05, 3.63) is 60.3 Å². The van der Waals surface area contributed by atoms with Crippen molar-refractivity contribution in [1.29, 1.82) is 0 Å². The van der Waals surface area contributed by atoms with Gasteiger partial charge in [0.15, 0.2) is 0 Å². The zero-order valence-electron chi connectivity index (χ0n) is 16.6. The quantitative estimate of drug-likeness (QED) is 0.787. The van der Waals surface area contributed by atoms with Crippen LogP contribution in [-0.2, 0) is 10.0 Å². The van der Waals surface area contributed by atoms with Gasteiger partial charge in [0.25, 0.3) is 0 Å². The zero-order valence-corrected chi connectivity index (χ0v) is 17.4. The lowest BCUT2D eigenvalue weighted by Crippen LogP contribution is -2.47. The van der Waals surface area contributed by atoms with Crippen LogP contribution in [0.1, 0.15) is 5.56 Å². The molecule has 2 N–H and O–H groups in total. The van der Waals surface area contributed by atoms with E-state index in [1.807, 2.05) is 22.9 Å². The Bertz CT molecular complexity index is 1100. The first-order valence-electron chi connectivity index (χ1n) is 9.55. The first-order valence-corrected chi connectivity index (χ1v) is 11.0. The molecule has 2 aliphatic rings. The number of likely N-dealkylation sites (N-methyl/N-ethyl adjacent to an activating group) is 1. The number of piperazine rings is 1. The molecule has 0 spiro atoms. The maximum absolute atomic E-state index is 15.0. The Labute approximate surface area is 175 Å². The molecule has 10 heteroatoms. The van der Waals surface area contributed by atoms with E-state index in [9.17, 15) is 8.42 Å². The van der Waals surface area contributed by atoms with Crippen LogP contribution in [0.4, 0.5) is 10.1 Å². The Hall–Kier alpha value is -2.82. The molecule has 0 saturated carbocycles. The van der Waals surface area contributed by atoms with E-state index in [0.29, 0.717) is 49.8 Å². The molecule has 0 unspecified atom stereocenters. The number of pyridine rings is 1. The molecule has 158 valence electrons. The van der Waals surface area contributed by atoms with Crippen molar-refractivity contribution >= 4 is 27.2 Å². The highest BCUT2D eigenvalue weighted by Crippen LogP contribution is 2.30. The van der Waals surface area contributed by atoms with Crippen molar-refractivity contribution in [2.75, 3.05) is 44.7 Å². The van der Waals surface area contributed by atoms with Gasteiger partial charge < -0.3 is 15.5 Å². The second kappa shape index (κ2) is 8.13. The number of rotatable bonds is 4. The minimum atomic E-state index is -3.90. The van der Waals surface area contributed by atoms with Crippen LogP contribution in [-0.4, -0.2) is 68.2 Å². The number of nitrogens with two attached hydrogens (primary N) is 1. The first-order chi connectivity index (χ1) is 14.4. The number of hydrogen-bond donors (Lipinski definition) is 1. The van der Waals surface area contributed by atoms with Crippen LogP contribution in [0.5, 0.6) is 0 Å². The maximum atomic E-state index is 15.0. The van der Waals surface area contributed by atoms with E-state index in [1.165, 1.54) is 16.4 Å². The summed E-state index contributed by atoms with van der Waals surface area (Å²) in [6.45, 7) is 2.24. The van der Waals surface area contributed by atoms with Gasteiger partial charge in [0, 0.05) is 37.9 Å². The van der Waals surface area contributed by atoms with Crippen molar-refractivity contribution < 1.29 is 12.8 Å². The number of aromatic nitrogens is 1. The molecular weight excluding hydrogens is 407 g/mol. The average Bonchev–Trinajstić information content (AvgIpc) is 2.74. The largest absolute Gasteiger partial charge is 0.386 e. The summed E-state index contributed by atoms with van der Waals surface area (Å²) in [6.07, 6.45) is 4.89. The molecule has 2 aromatic rings. The van der Waals surface area contributed by atoms with Crippen LogP contribution in [0, 0.1) is 5.82 Å². The number of nitrogens with zero attached hydrogens (tertiary/aromatic N) is 5. The lowest BCUT2D eigenvalue weighted by molar-refractivity contribution is 0.222. The van der Waals surface area contributed by atoms with Crippen molar-refractivity contribution in [2.45, 2.75) is 4.90 Å². The highest BCUT2D eigenvalue weighted by molar-refractivity contribution is 7.89. The van der Waals surface area contributed by atoms with E-state index >= 15 is 4.39 Å². The summed E-state index contributed by atoms with van der Waals surface area (Å²) in [4.78, 5) is 11.9. The average molecular weight is 431 g/mol. The Morgan fingerprint density at radius 3 is 2.57 bits per heavy atom. The molecular formula is C20H23FN6O2S. The van der Waals surface area contributed by atoms with Crippen LogP contribution < -0.4 is 10.6 Å². The fourth-order valence-corrected chi connectivity index (χ4v) is 4.98. The minimum absolute atomic E-state index is 0.317. The van der Waals surface area contributed by atoms with E-state index in [1.54, 1.807) is 30.7 Å². The van der Waals surface area contributed by atoms with Crippen molar-refractivity contribution in [1.82, 2.24) is 14.2 Å². The van der Waals surface area contributed by atoms with Gasteiger partial charge in [-0.2, -0.15) is 4.31 Å². The first kappa shape index (κ1) is 20.5. The summed E-state index contributed by atoms with van der Waals surface area (Å²) in [5.41, 5.74) is 7.78. The third kappa shape index (κ3) is 3.93. The number of halogens is 1. The molecule has 2 aliphatic heterocycles. The molecule has 4 rings (SSSR count). The van der Waals surface area contributed by atoms with Gasteiger partial charge in [-0.1, -0.05) is 6.07 Å². The fraction of sp³-hybridized carbons (Fsp3) is 0.300. The molecule has 0 aliphatic carbocycles. The molecule has 0 bridgehead atoms. The second-order valence-corrected chi connectivity index (χ2v) is 9.19. The molecule has 3 heterocycles. The topological polar surface area (TPSA) is 95.1 Å². The highest BCUT2D eigenvalue weighted by Gasteiger charge is 2.30. The van der Waals surface area contributed by atoms with Crippen molar-refractivity contribution in [3.63, 3.8) is 0 Å². The standard InChI is InChI=1S/C20H23FN6O2S/c1-25-7-9-26(10-8-25)30(28,29)19-5-4-15(11-17(19)21)18-13-24-20(22)14-27(18)16-3-2-6-23-12-16/h2-6,11-13H,7-10,14H2,1H3,(H2,22,24). The summed E-state index contributed by atoms with van der Waals surface area (Å²) in [5, 5.41) is 0. The van der Waals surface area contributed by atoms with Crippen LogP contribution in [0.3, 0.4) is 0 Å². The molecule has 1 aromatic heterocycles. The number of amidine groups is 1. The third-order valence-electron chi connectivity index (χ3n) is 5.23. The molecule has 1 aromatic carbocycles. The number of anilines is 1. The molecule has 8 nitrogen and oxygen atoms in total. The van der Waals surface area contributed by atoms with Crippen LogP contribution >= 0.6 is 0 Å². The zero-order chi connectivity index (χ0) is 21.3. The predicted molar refractivity (Wildman–Crippen MR) is 114 cm³/mol. The number of hydrogen-bond acceptors (Lipinski definition) is 7. The Morgan fingerprint density at radius 2 is 1.90 bits per heavy atom. The molecule has 0 amide bonds. The Balaban J connectivity index is 1.67. The lowest BCUT2D eigenvalue weighted by atomic mass is 10.1. The van der Waals surface area contributed by atoms with Crippen LogP contribution in [0.25, 0.3) is 5.70 Å². The fourth-order valence-electron chi connectivity index (χ4n) is 3.51. The Kier molecular flexibility index (Phi) is 5.54. The summed E-state index contributed by atoms with van der Waals surface area (Å²) in [5.74, 6) is -0.377. The van der Waals surface area contributed by atoms with Gasteiger partial charge in [-0.05, 0) is 31.3 Å². The number of sulfonamides is 1. The van der Waals surface area contributed by atoms with E-state index < -0.39 is 15.8 Å². The van der Waals surface area contributed by atoms with Crippen LogP contribution in [0.15, 0.2) is 58.8 Å². The minimum Gasteiger partial charge on any atom is -0.386 e. The van der Waals surface area contributed by atoms with Gasteiger partial charge >= 0.3 is 0 Å². The summed E-state index contributed by atoms with van der Waals surface area (Å²) < 4.78 is 42.2. The van der Waals surface area contributed by atoms with Crippen molar-refractivity contribution in [2.24, 2.45) is 10.7 Å². The SMILES string of the molecule is CN1CCN(S(=O)(=O)c2ccc(C3=CN=C(N)CN3c3cccnc3)cc2F)CC1. The van der Waals surface area contributed by atoms with E-state index in [-0.39, 0.29) is 4.90 Å². The highest BCUT2D eigenvalue weighted by atomic mass is 32.2. The Morgan fingerprint density at radius 1 is 1.13 bits per heavy atom. The van der Waals surface area contributed by atoms with E-state index in [2.05, 4.69) is 9.98 Å². The summed E-state index contributed by atoms with van der Waals surface area (Å²) in [7, 11) is -1.97. The predicted octanol–water partition coefficient (Wildman–Crippen LogP) is 1.33. The molecule has 1 saturated heterocycles. The van der Waals surface area contributed by atoms with Crippen LogP contribution in [0.2, 0.25) is 0 Å². The van der Waals surface area contributed by atoms with E-state index in [0.717, 1.165) is 5.69 Å². The van der Waals surface area contributed by atoms with Gasteiger partial charge in [0.1, 0.15) is 16.5 Å². The smallest absolute Gasteiger partial charge is 0.246 e. The van der Waals surface area contributed by atoms with Gasteiger partial charge in [-0.3, -0.25) is 4.98 Å². The second-order valence-electron chi connectivity index (χ2n) is 7.28. The molecule has 0 radical (unpaired) electrons. The van der Waals surface area contributed by atoms with Gasteiger partial charge in [0.05, 0.1) is 30.3 Å². The van der Waals surface area contributed by atoms with Gasteiger partial charge in [-0.25, -0.2) is 17.8 Å². The summed E-state index contributed by atoms with van der Waals surface area (Å²) in [6, 6.07) is 7.80. The van der Waals surface area contributed by atoms with Gasteiger partial charge in [0.2, 0.25) is 10.0 Å². The normalized spacial score (nSPS) is 18.8. The molecule has 30 heavy (non-hydrogen) atoms. The third-order valence-corrected chi connectivity index (χ3v) is 7.16. The van der Waals surface area contributed by atoms with Gasteiger partial charge in [-0.15, -0.1) is 0 Å². The van der Waals surface area contributed by atoms with E-state index in [4.69, 9.17) is 5.73 Å². The maximum Gasteiger partial charge on any atom is 0.246 e. The molecule has 0 atom stereocenters. The molecule has 1 fully saturated rings. The monoisotopic (exact) mass is 430 g/mol. The number of aliphatic imine (C=N–C) groups is 1. The number of benzene rings is 1.